The van der Waals surface area contributed by atoms with Gasteiger partial charge in [0.05, 0.1) is 29.9 Å². The van der Waals surface area contributed by atoms with Crippen LogP contribution >= 0.6 is 0 Å². The first-order valence-corrected chi connectivity index (χ1v) is 13.8. The number of amides is 1. The van der Waals surface area contributed by atoms with Crippen LogP contribution in [0.25, 0.3) is 11.0 Å². The molecule has 0 unspecified atom stereocenters. The highest BCUT2D eigenvalue weighted by Crippen LogP contribution is 2.34. The largest absolute Gasteiger partial charge is 0.356 e. The molecule has 1 amide bonds. The Morgan fingerprint density at radius 1 is 1.12 bits per heavy atom. The smallest absolute Gasteiger partial charge is 0.331 e. The summed E-state index contributed by atoms with van der Waals surface area (Å²) in [5, 5.41) is 9.55. The summed E-state index contributed by atoms with van der Waals surface area (Å²) in [6.45, 7) is 4.17. The molecule has 5 rings (SSSR count). The van der Waals surface area contributed by atoms with E-state index in [0.29, 0.717) is 48.8 Å². The Morgan fingerprint density at radius 2 is 1.90 bits per heavy atom. The highest BCUT2D eigenvalue weighted by molar-refractivity contribution is 6.11. The number of nitriles is 1. The molecule has 11 nitrogen and oxygen atoms in total. The zero-order valence-electron chi connectivity index (χ0n) is 23.0. The number of hydrogen-bond donors (Lipinski definition) is 1. The number of carbonyl (C=O) groups is 1. The molecular formula is C29H34N8O3. The monoisotopic (exact) mass is 542 g/mol. The number of nitrogens with zero attached hydrogens (tertiary/aromatic N) is 7. The molecule has 2 saturated heterocycles. The van der Waals surface area contributed by atoms with Crippen molar-refractivity contribution in [2.45, 2.75) is 58.2 Å². The molecule has 2 fully saturated rings. The lowest BCUT2D eigenvalue weighted by Crippen LogP contribution is -2.45. The normalized spacial score (nSPS) is 17.4. The van der Waals surface area contributed by atoms with Crippen LogP contribution in [0.5, 0.6) is 0 Å². The molecule has 0 aliphatic carbocycles. The summed E-state index contributed by atoms with van der Waals surface area (Å²) in [6, 6.07) is 5.23. The lowest BCUT2D eigenvalue weighted by atomic mass is 10.1. The number of hydrogen-bond acceptors (Lipinski definition) is 7. The van der Waals surface area contributed by atoms with Crippen LogP contribution in [0.3, 0.4) is 0 Å². The molecule has 3 aromatic rings. The Hall–Kier alpha value is -4.35. The van der Waals surface area contributed by atoms with E-state index in [2.05, 4.69) is 27.8 Å². The number of carbonyl (C=O) groups excluding carboxylic acids is 1. The fourth-order valence-corrected chi connectivity index (χ4v) is 5.88. The molecule has 1 atom stereocenters. The third-order valence-corrected chi connectivity index (χ3v) is 7.86. The van der Waals surface area contributed by atoms with Gasteiger partial charge in [-0.2, -0.15) is 5.26 Å². The average molecular weight is 543 g/mol. The van der Waals surface area contributed by atoms with Crippen molar-refractivity contribution < 1.29 is 4.79 Å². The summed E-state index contributed by atoms with van der Waals surface area (Å²) in [5.41, 5.74) is 6.72. The van der Waals surface area contributed by atoms with Crippen molar-refractivity contribution in [3.05, 3.63) is 56.0 Å². The van der Waals surface area contributed by atoms with E-state index in [1.54, 1.807) is 30.7 Å². The first-order valence-electron chi connectivity index (χ1n) is 13.8. The van der Waals surface area contributed by atoms with Crippen molar-refractivity contribution >= 4 is 22.8 Å². The van der Waals surface area contributed by atoms with E-state index in [-0.39, 0.29) is 36.1 Å². The van der Waals surface area contributed by atoms with Crippen LogP contribution < -0.4 is 21.9 Å². The minimum atomic E-state index is -0.583. The highest BCUT2D eigenvalue weighted by atomic mass is 16.2. The number of aryl methyl sites for hydroxylation is 1. The van der Waals surface area contributed by atoms with Crippen LogP contribution in [0.2, 0.25) is 0 Å². The van der Waals surface area contributed by atoms with E-state index >= 15 is 0 Å². The quantitative estimate of drug-likeness (QED) is 0.482. The molecule has 208 valence electrons. The van der Waals surface area contributed by atoms with Gasteiger partial charge in [0, 0.05) is 45.5 Å². The fourth-order valence-electron chi connectivity index (χ4n) is 5.88. The summed E-state index contributed by atoms with van der Waals surface area (Å²) in [5.74, 6) is 6.37. The van der Waals surface area contributed by atoms with E-state index < -0.39 is 11.2 Å². The molecule has 2 N–H and O–H groups in total. The summed E-state index contributed by atoms with van der Waals surface area (Å²) >= 11 is 0. The number of pyridine rings is 1. The van der Waals surface area contributed by atoms with Gasteiger partial charge in [-0.15, -0.1) is 5.92 Å². The van der Waals surface area contributed by atoms with Crippen molar-refractivity contribution in [3.8, 4) is 17.9 Å². The summed E-state index contributed by atoms with van der Waals surface area (Å²) in [7, 11) is 1.58. The molecule has 2 aliphatic rings. The molecule has 40 heavy (non-hydrogen) atoms. The van der Waals surface area contributed by atoms with Crippen LogP contribution in [0.4, 0.5) is 5.82 Å². The van der Waals surface area contributed by atoms with Crippen LogP contribution in [0.1, 0.15) is 60.6 Å². The van der Waals surface area contributed by atoms with Gasteiger partial charge in [-0.05, 0) is 51.2 Å². The average Bonchev–Trinajstić information content (AvgIpc) is 3.32. The van der Waals surface area contributed by atoms with Gasteiger partial charge >= 0.3 is 5.69 Å². The van der Waals surface area contributed by atoms with Crippen LogP contribution in [-0.2, 0) is 20.1 Å². The van der Waals surface area contributed by atoms with Gasteiger partial charge in [-0.25, -0.2) is 4.79 Å². The SMILES string of the molecule is CC#CCn1c(N2CCC[C@@H](N)C2)c(C(=O)N2CCCCC2)c2c1c(=O)n(Cc1ncccc1C#N)c(=O)n2C. The molecule has 3 aromatic heterocycles. The highest BCUT2D eigenvalue weighted by Gasteiger charge is 2.35. The van der Waals surface area contributed by atoms with Gasteiger partial charge in [0.15, 0.2) is 0 Å². The van der Waals surface area contributed by atoms with Gasteiger partial charge in [-0.3, -0.25) is 23.7 Å². The Kier molecular flexibility index (Phi) is 7.76. The minimum absolute atomic E-state index is 0.0792. The standard InChI is InChI=1S/C29H34N8O3/c1-3-4-16-36-25-24(33(2)29(40)37(28(25)39)19-22-20(17-30)10-8-12-32-22)23(27(38)34-13-6-5-7-14-34)26(36)35-15-9-11-21(31)18-35/h8,10,12,21H,5-7,9,11,13-16,18-19,31H2,1-2H3/t21-/m1/s1. The van der Waals surface area contributed by atoms with Gasteiger partial charge in [0.2, 0.25) is 0 Å². The molecule has 0 radical (unpaired) electrons. The third kappa shape index (κ3) is 4.78. The molecule has 2 aliphatic heterocycles. The van der Waals surface area contributed by atoms with E-state index in [1.165, 1.54) is 10.8 Å². The van der Waals surface area contributed by atoms with Gasteiger partial charge in [0.1, 0.15) is 23.0 Å². The zero-order chi connectivity index (χ0) is 28.4. The summed E-state index contributed by atoms with van der Waals surface area (Å²) < 4.78 is 4.25. The summed E-state index contributed by atoms with van der Waals surface area (Å²) in [6.07, 6.45) is 6.12. The maximum Gasteiger partial charge on any atom is 0.331 e. The number of fused-ring (bicyclic) bond motifs is 1. The molecular weight excluding hydrogens is 508 g/mol. The maximum atomic E-state index is 14.2. The first-order chi connectivity index (χ1) is 19.4. The van der Waals surface area contributed by atoms with Crippen molar-refractivity contribution in [2.24, 2.45) is 12.8 Å². The third-order valence-electron chi connectivity index (χ3n) is 7.86. The number of nitrogens with two attached hydrogens (primary N) is 1. The Balaban J connectivity index is 1.83. The maximum absolute atomic E-state index is 14.2. The van der Waals surface area contributed by atoms with Crippen molar-refractivity contribution in [3.63, 3.8) is 0 Å². The van der Waals surface area contributed by atoms with E-state index in [0.717, 1.165) is 36.7 Å². The van der Waals surface area contributed by atoms with Gasteiger partial charge in [-0.1, -0.05) is 5.92 Å². The minimum Gasteiger partial charge on any atom is -0.356 e. The molecule has 0 aromatic carbocycles. The molecule has 0 saturated carbocycles. The second-order valence-corrected chi connectivity index (χ2v) is 10.5. The number of anilines is 1. The molecule has 5 heterocycles. The lowest BCUT2D eigenvalue weighted by Gasteiger charge is -2.34. The number of piperidine rings is 2. The first kappa shape index (κ1) is 27.2. The molecule has 11 heteroatoms. The predicted octanol–water partition coefficient (Wildman–Crippen LogP) is 1.39. The topological polar surface area (TPSA) is 135 Å². The Labute approximate surface area is 232 Å². The van der Waals surface area contributed by atoms with E-state index in [9.17, 15) is 19.6 Å². The number of rotatable bonds is 5. The fraction of sp³-hybridized carbons (Fsp3) is 0.483. The van der Waals surface area contributed by atoms with E-state index in [4.69, 9.17) is 5.73 Å². The Morgan fingerprint density at radius 3 is 2.60 bits per heavy atom. The predicted molar refractivity (Wildman–Crippen MR) is 152 cm³/mol. The zero-order valence-corrected chi connectivity index (χ0v) is 23.0. The van der Waals surface area contributed by atoms with E-state index in [1.807, 2.05) is 4.90 Å². The molecule has 0 spiro atoms. The second-order valence-electron chi connectivity index (χ2n) is 10.5. The van der Waals surface area contributed by atoms with Crippen LogP contribution in [0.15, 0.2) is 27.9 Å². The number of likely N-dealkylation sites (tertiary alicyclic amines) is 1. The van der Waals surface area contributed by atoms with Crippen LogP contribution in [-0.4, -0.2) is 61.7 Å². The van der Waals surface area contributed by atoms with Crippen molar-refractivity contribution in [1.29, 1.82) is 5.26 Å². The lowest BCUT2D eigenvalue weighted by molar-refractivity contribution is 0.0726. The second kappa shape index (κ2) is 11.4. The number of aromatic nitrogens is 4. The summed E-state index contributed by atoms with van der Waals surface area (Å²) in [4.78, 5) is 50.3. The van der Waals surface area contributed by atoms with Gasteiger partial charge < -0.3 is 20.1 Å². The Bertz CT molecular complexity index is 1670. The van der Waals surface area contributed by atoms with Crippen molar-refractivity contribution in [1.82, 2.24) is 23.6 Å². The van der Waals surface area contributed by atoms with Crippen molar-refractivity contribution in [2.75, 3.05) is 31.1 Å². The van der Waals surface area contributed by atoms with Gasteiger partial charge in [0.25, 0.3) is 11.5 Å². The van der Waals surface area contributed by atoms with Crippen LogP contribution in [0, 0.1) is 23.2 Å². The molecule has 0 bridgehead atoms.